The third-order valence-electron chi connectivity index (χ3n) is 3.92. The van der Waals surface area contributed by atoms with Crippen LogP contribution in [0.3, 0.4) is 0 Å². The standard InChI is InChI=1S/C18H21ClN2O2/c1-3-18(23-2,14-9-5-4-6-10-14)13-20-17(22)21-16-12-8-7-11-15(16)19/h4-12H,3,13H2,1-2H3,(H2,20,21,22)/t18-/m0/s1. The Morgan fingerprint density at radius 1 is 1.13 bits per heavy atom. The number of halogens is 1. The molecular formula is C18H21ClN2O2. The molecular weight excluding hydrogens is 312 g/mol. The first-order chi connectivity index (χ1) is 11.1. The summed E-state index contributed by atoms with van der Waals surface area (Å²) in [7, 11) is 1.66. The van der Waals surface area contributed by atoms with Gasteiger partial charge >= 0.3 is 6.03 Å². The number of urea groups is 1. The van der Waals surface area contributed by atoms with Crippen LogP contribution in [0, 0.1) is 0 Å². The summed E-state index contributed by atoms with van der Waals surface area (Å²) in [5.41, 5.74) is 1.05. The van der Waals surface area contributed by atoms with E-state index in [4.69, 9.17) is 16.3 Å². The predicted octanol–water partition coefficient (Wildman–Crippen LogP) is 4.41. The topological polar surface area (TPSA) is 50.4 Å². The Kier molecular flexibility index (Phi) is 6.02. The molecule has 0 unspecified atom stereocenters. The molecule has 0 aliphatic rings. The second-order valence-electron chi connectivity index (χ2n) is 5.21. The first-order valence-electron chi connectivity index (χ1n) is 7.51. The summed E-state index contributed by atoms with van der Waals surface area (Å²) in [6.07, 6.45) is 0.736. The molecule has 1 atom stereocenters. The molecule has 0 aliphatic heterocycles. The van der Waals surface area contributed by atoms with E-state index in [2.05, 4.69) is 10.6 Å². The lowest BCUT2D eigenvalue weighted by Crippen LogP contribution is -2.43. The number of para-hydroxylation sites is 1. The van der Waals surface area contributed by atoms with Crippen molar-refractivity contribution in [3.8, 4) is 0 Å². The van der Waals surface area contributed by atoms with Gasteiger partial charge in [0.05, 0.1) is 17.3 Å². The van der Waals surface area contributed by atoms with Gasteiger partial charge in [-0.1, -0.05) is 61.0 Å². The first kappa shape index (κ1) is 17.3. The van der Waals surface area contributed by atoms with Gasteiger partial charge in [-0.15, -0.1) is 0 Å². The molecule has 2 aromatic rings. The van der Waals surface area contributed by atoms with Crippen LogP contribution in [0.15, 0.2) is 54.6 Å². The third kappa shape index (κ3) is 4.24. The summed E-state index contributed by atoms with van der Waals surface area (Å²) >= 11 is 6.04. The zero-order valence-electron chi connectivity index (χ0n) is 13.3. The Morgan fingerprint density at radius 3 is 2.39 bits per heavy atom. The zero-order valence-corrected chi connectivity index (χ0v) is 14.1. The van der Waals surface area contributed by atoms with Crippen molar-refractivity contribution >= 4 is 23.3 Å². The molecule has 0 heterocycles. The number of hydrogen-bond donors (Lipinski definition) is 2. The lowest BCUT2D eigenvalue weighted by Gasteiger charge is -2.32. The third-order valence-corrected chi connectivity index (χ3v) is 4.25. The molecule has 0 radical (unpaired) electrons. The monoisotopic (exact) mass is 332 g/mol. The molecule has 0 aromatic heterocycles. The Morgan fingerprint density at radius 2 is 1.78 bits per heavy atom. The molecule has 0 saturated heterocycles. The normalized spacial score (nSPS) is 13.2. The van der Waals surface area contributed by atoms with Gasteiger partial charge in [0.2, 0.25) is 0 Å². The number of nitrogens with one attached hydrogen (secondary N) is 2. The minimum absolute atomic E-state index is 0.316. The Labute approximate surface area is 141 Å². The maximum absolute atomic E-state index is 12.1. The minimum atomic E-state index is -0.556. The number of ether oxygens (including phenoxy) is 1. The van der Waals surface area contributed by atoms with Crippen LogP contribution in [0.4, 0.5) is 10.5 Å². The molecule has 2 rings (SSSR count). The molecule has 0 saturated carbocycles. The van der Waals surface area contributed by atoms with Crippen molar-refractivity contribution < 1.29 is 9.53 Å². The van der Waals surface area contributed by atoms with Crippen LogP contribution in [-0.4, -0.2) is 19.7 Å². The average Bonchev–Trinajstić information content (AvgIpc) is 2.59. The molecule has 0 fully saturated rings. The smallest absolute Gasteiger partial charge is 0.319 e. The van der Waals surface area contributed by atoms with E-state index in [-0.39, 0.29) is 6.03 Å². The highest BCUT2D eigenvalue weighted by Crippen LogP contribution is 2.28. The number of methoxy groups -OCH3 is 1. The maximum atomic E-state index is 12.1. The zero-order chi connectivity index (χ0) is 16.7. The molecule has 0 aliphatic carbocycles. The summed E-state index contributed by atoms with van der Waals surface area (Å²) in [5.74, 6) is 0. The molecule has 5 heteroatoms. The van der Waals surface area contributed by atoms with Gasteiger partial charge < -0.3 is 15.4 Å². The van der Waals surface area contributed by atoms with Crippen molar-refractivity contribution in [2.75, 3.05) is 19.0 Å². The Bertz CT molecular complexity index is 642. The number of benzene rings is 2. The molecule has 0 spiro atoms. The maximum Gasteiger partial charge on any atom is 0.319 e. The van der Waals surface area contributed by atoms with Crippen molar-refractivity contribution in [3.05, 3.63) is 65.2 Å². The SMILES string of the molecule is CC[C@@](CNC(=O)Nc1ccccc1Cl)(OC)c1ccccc1. The van der Waals surface area contributed by atoms with Gasteiger partial charge in [0.15, 0.2) is 0 Å². The van der Waals surface area contributed by atoms with Crippen molar-refractivity contribution in [2.45, 2.75) is 18.9 Å². The summed E-state index contributed by atoms with van der Waals surface area (Å²) < 4.78 is 5.73. The van der Waals surface area contributed by atoms with Crippen molar-refractivity contribution in [2.24, 2.45) is 0 Å². The molecule has 23 heavy (non-hydrogen) atoms. The lowest BCUT2D eigenvalue weighted by atomic mass is 9.91. The van der Waals surface area contributed by atoms with E-state index < -0.39 is 5.60 Å². The van der Waals surface area contributed by atoms with Gasteiger partial charge in [0.1, 0.15) is 5.60 Å². The molecule has 2 aromatic carbocycles. The minimum Gasteiger partial charge on any atom is -0.372 e. The Balaban J connectivity index is 2.05. The largest absolute Gasteiger partial charge is 0.372 e. The van der Waals surface area contributed by atoms with Gasteiger partial charge in [0, 0.05) is 7.11 Å². The quantitative estimate of drug-likeness (QED) is 0.823. The van der Waals surface area contributed by atoms with E-state index in [1.54, 1.807) is 19.2 Å². The van der Waals surface area contributed by atoms with Crippen LogP contribution in [0.25, 0.3) is 0 Å². The van der Waals surface area contributed by atoms with Gasteiger partial charge in [-0.2, -0.15) is 0 Å². The number of rotatable bonds is 6. The van der Waals surface area contributed by atoms with E-state index in [1.807, 2.05) is 49.4 Å². The highest BCUT2D eigenvalue weighted by Gasteiger charge is 2.30. The summed E-state index contributed by atoms with van der Waals surface area (Å²) in [6.45, 7) is 2.39. The van der Waals surface area contributed by atoms with E-state index in [0.717, 1.165) is 12.0 Å². The fraction of sp³-hybridized carbons (Fsp3) is 0.278. The molecule has 122 valence electrons. The van der Waals surface area contributed by atoms with Crippen LogP contribution in [0.1, 0.15) is 18.9 Å². The second kappa shape index (κ2) is 7.99. The fourth-order valence-corrected chi connectivity index (χ4v) is 2.64. The highest BCUT2D eigenvalue weighted by molar-refractivity contribution is 6.33. The summed E-state index contributed by atoms with van der Waals surface area (Å²) in [5, 5.41) is 6.11. The lowest BCUT2D eigenvalue weighted by molar-refractivity contribution is -0.0149. The second-order valence-corrected chi connectivity index (χ2v) is 5.61. The highest BCUT2D eigenvalue weighted by atomic mass is 35.5. The number of hydrogen-bond acceptors (Lipinski definition) is 2. The van der Waals surface area contributed by atoms with Crippen LogP contribution >= 0.6 is 11.6 Å². The summed E-state index contributed by atoms with van der Waals surface area (Å²) in [6, 6.07) is 16.7. The van der Waals surface area contributed by atoms with Crippen LogP contribution in [0.5, 0.6) is 0 Å². The van der Waals surface area contributed by atoms with Crippen LogP contribution in [0.2, 0.25) is 5.02 Å². The van der Waals surface area contributed by atoms with Gasteiger partial charge in [-0.3, -0.25) is 0 Å². The van der Waals surface area contributed by atoms with Crippen LogP contribution < -0.4 is 10.6 Å². The van der Waals surface area contributed by atoms with Gasteiger partial charge in [-0.25, -0.2) is 4.79 Å². The Hall–Kier alpha value is -2.04. The predicted molar refractivity (Wildman–Crippen MR) is 93.9 cm³/mol. The van der Waals surface area contributed by atoms with Crippen molar-refractivity contribution in [1.82, 2.24) is 5.32 Å². The average molecular weight is 333 g/mol. The molecule has 4 nitrogen and oxygen atoms in total. The fourth-order valence-electron chi connectivity index (χ4n) is 2.46. The van der Waals surface area contributed by atoms with E-state index >= 15 is 0 Å². The number of anilines is 1. The van der Waals surface area contributed by atoms with E-state index in [0.29, 0.717) is 17.3 Å². The number of carbonyl (C=O) groups excluding carboxylic acids is 1. The van der Waals surface area contributed by atoms with E-state index in [9.17, 15) is 4.79 Å². The van der Waals surface area contributed by atoms with Crippen molar-refractivity contribution in [3.63, 3.8) is 0 Å². The van der Waals surface area contributed by atoms with Gasteiger partial charge in [-0.05, 0) is 24.1 Å². The van der Waals surface area contributed by atoms with Crippen LogP contribution in [-0.2, 0) is 10.3 Å². The van der Waals surface area contributed by atoms with Gasteiger partial charge in [0.25, 0.3) is 0 Å². The molecule has 0 bridgehead atoms. The summed E-state index contributed by atoms with van der Waals surface area (Å²) in [4.78, 5) is 12.1. The van der Waals surface area contributed by atoms with Crippen molar-refractivity contribution in [1.29, 1.82) is 0 Å². The molecule has 2 N–H and O–H groups in total. The first-order valence-corrected chi connectivity index (χ1v) is 7.89. The molecule has 2 amide bonds. The number of amides is 2. The van der Waals surface area contributed by atoms with E-state index in [1.165, 1.54) is 0 Å². The number of carbonyl (C=O) groups is 1.